The highest BCUT2D eigenvalue weighted by molar-refractivity contribution is 9.10. The van der Waals surface area contributed by atoms with E-state index in [1.54, 1.807) is 6.07 Å². The maximum Gasteiger partial charge on any atom is 0.152 e. The zero-order valence-corrected chi connectivity index (χ0v) is 10.6. The van der Waals surface area contributed by atoms with Gasteiger partial charge in [0.25, 0.3) is 0 Å². The maximum absolute atomic E-state index is 5.93. The van der Waals surface area contributed by atoms with Crippen LogP contribution in [-0.2, 0) is 5.88 Å². The van der Waals surface area contributed by atoms with Crippen LogP contribution >= 0.6 is 39.1 Å². The molecule has 15 heavy (non-hydrogen) atoms. The molecule has 0 saturated carbocycles. The molecule has 0 aliphatic heterocycles. The highest BCUT2D eigenvalue weighted by atomic mass is 79.9. The summed E-state index contributed by atoms with van der Waals surface area (Å²) in [7, 11) is 0. The van der Waals surface area contributed by atoms with Crippen LogP contribution in [0, 0.1) is 0 Å². The second kappa shape index (κ2) is 4.56. The Morgan fingerprint density at radius 1 is 1.27 bits per heavy atom. The van der Waals surface area contributed by atoms with E-state index in [1.165, 1.54) is 0 Å². The zero-order chi connectivity index (χ0) is 10.8. The van der Waals surface area contributed by atoms with Gasteiger partial charge in [0.2, 0.25) is 0 Å². The lowest BCUT2D eigenvalue weighted by Gasteiger charge is -1.98. The Morgan fingerprint density at radius 3 is 2.67 bits per heavy atom. The molecule has 1 heterocycles. The number of hydrogen-bond acceptors (Lipinski definition) is 2. The van der Waals surface area contributed by atoms with Crippen molar-refractivity contribution in [3.63, 3.8) is 0 Å². The molecule has 0 bridgehead atoms. The highest BCUT2D eigenvalue weighted by Crippen LogP contribution is 2.27. The number of hydrogen-bond donors (Lipinski definition) is 0. The summed E-state index contributed by atoms with van der Waals surface area (Å²) < 4.78 is 5.91. The predicted molar refractivity (Wildman–Crippen MR) is 64.2 cm³/mol. The number of aromatic nitrogens is 1. The van der Waals surface area contributed by atoms with Crippen molar-refractivity contribution in [2.24, 2.45) is 0 Å². The maximum atomic E-state index is 5.93. The van der Waals surface area contributed by atoms with Crippen molar-refractivity contribution in [2.45, 2.75) is 5.88 Å². The minimum Gasteiger partial charge on any atom is -0.359 e. The summed E-state index contributed by atoms with van der Waals surface area (Å²) >= 11 is 14.9. The van der Waals surface area contributed by atoms with Gasteiger partial charge in [0.05, 0.1) is 5.88 Å². The topological polar surface area (TPSA) is 26.0 Å². The molecule has 0 saturated heterocycles. The fraction of sp³-hybridized carbons (Fsp3) is 0.100. The SMILES string of the molecule is ClCc1cc(-c2cc(Cl)cc(Br)c2)no1. The Hall–Kier alpha value is -0.510. The monoisotopic (exact) mass is 305 g/mol. The van der Waals surface area contributed by atoms with Crippen molar-refractivity contribution >= 4 is 39.1 Å². The van der Waals surface area contributed by atoms with Crippen molar-refractivity contribution in [3.8, 4) is 11.3 Å². The Labute approximate surface area is 105 Å². The van der Waals surface area contributed by atoms with E-state index in [0.717, 1.165) is 15.7 Å². The summed E-state index contributed by atoms with van der Waals surface area (Å²) in [6.07, 6.45) is 0. The van der Waals surface area contributed by atoms with Crippen LogP contribution in [0.4, 0.5) is 0 Å². The van der Waals surface area contributed by atoms with Crippen LogP contribution in [0.15, 0.2) is 33.3 Å². The molecule has 1 aromatic carbocycles. The van der Waals surface area contributed by atoms with Gasteiger partial charge >= 0.3 is 0 Å². The van der Waals surface area contributed by atoms with E-state index in [2.05, 4.69) is 21.1 Å². The molecular formula is C10H6BrCl2NO. The third kappa shape index (κ3) is 2.54. The molecule has 1 aromatic heterocycles. The smallest absolute Gasteiger partial charge is 0.152 e. The summed E-state index contributed by atoms with van der Waals surface area (Å²) in [4.78, 5) is 0. The van der Waals surface area contributed by atoms with E-state index in [-0.39, 0.29) is 0 Å². The normalized spacial score (nSPS) is 10.6. The standard InChI is InChI=1S/C10H6BrCl2NO/c11-7-1-6(2-8(13)3-7)10-4-9(5-12)15-14-10/h1-4H,5H2. The lowest BCUT2D eigenvalue weighted by atomic mass is 10.1. The molecule has 5 heteroatoms. The molecule has 0 N–H and O–H groups in total. The molecule has 0 radical (unpaired) electrons. The van der Waals surface area contributed by atoms with Crippen molar-refractivity contribution < 1.29 is 4.52 Å². The predicted octanol–water partition coefficient (Wildman–Crippen LogP) is 4.50. The van der Waals surface area contributed by atoms with Gasteiger partial charge in [-0.3, -0.25) is 0 Å². The van der Waals surface area contributed by atoms with Gasteiger partial charge in [-0.05, 0) is 18.2 Å². The van der Waals surface area contributed by atoms with Gasteiger partial charge < -0.3 is 4.52 Å². The van der Waals surface area contributed by atoms with Crippen LogP contribution in [0.25, 0.3) is 11.3 Å². The van der Waals surface area contributed by atoms with Crippen molar-refractivity contribution in [2.75, 3.05) is 0 Å². The second-order valence-electron chi connectivity index (χ2n) is 2.97. The average Bonchev–Trinajstić information content (AvgIpc) is 2.64. The summed E-state index contributed by atoms with van der Waals surface area (Å²) in [6, 6.07) is 7.35. The second-order valence-corrected chi connectivity index (χ2v) is 4.59. The number of alkyl halides is 1. The Bertz CT molecular complexity index is 464. The van der Waals surface area contributed by atoms with Crippen LogP contribution in [0.2, 0.25) is 5.02 Å². The molecule has 0 atom stereocenters. The molecule has 0 spiro atoms. The van der Waals surface area contributed by atoms with E-state index in [0.29, 0.717) is 16.7 Å². The molecule has 2 rings (SSSR count). The fourth-order valence-electron chi connectivity index (χ4n) is 1.21. The summed E-state index contributed by atoms with van der Waals surface area (Å²) in [6.45, 7) is 0. The van der Waals surface area contributed by atoms with E-state index in [1.807, 2.05) is 18.2 Å². The Kier molecular flexibility index (Phi) is 3.34. The molecule has 0 unspecified atom stereocenters. The van der Waals surface area contributed by atoms with Crippen LogP contribution in [0.3, 0.4) is 0 Å². The first-order valence-corrected chi connectivity index (χ1v) is 5.87. The van der Waals surface area contributed by atoms with Gasteiger partial charge in [-0.15, -0.1) is 11.6 Å². The number of benzene rings is 1. The van der Waals surface area contributed by atoms with Crippen molar-refractivity contribution in [3.05, 3.63) is 39.5 Å². The highest BCUT2D eigenvalue weighted by Gasteiger charge is 2.07. The molecule has 0 aliphatic rings. The number of nitrogens with zero attached hydrogens (tertiary/aromatic N) is 1. The quantitative estimate of drug-likeness (QED) is 0.764. The lowest BCUT2D eigenvalue weighted by Crippen LogP contribution is -1.77. The molecular weight excluding hydrogens is 301 g/mol. The molecule has 2 nitrogen and oxygen atoms in total. The minimum atomic E-state index is 0.314. The molecule has 0 fully saturated rings. The summed E-state index contributed by atoms with van der Waals surface area (Å²) in [5, 5.41) is 4.55. The van der Waals surface area contributed by atoms with Crippen LogP contribution in [0.5, 0.6) is 0 Å². The van der Waals surface area contributed by atoms with E-state index >= 15 is 0 Å². The molecule has 2 aromatic rings. The third-order valence-corrected chi connectivity index (χ3v) is 2.79. The minimum absolute atomic E-state index is 0.314. The van der Waals surface area contributed by atoms with E-state index in [9.17, 15) is 0 Å². The molecule has 78 valence electrons. The van der Waals surface area contributed by atoms with Gasteiger partial charge in [-0.25, -0.2) is 0 Å². The van der Waals surface area contributed by atoms with Gasteiger partial charge in [0.1, 0.15) is 5.69 Å². The Morgan fingerprint density at radius 2 is 2.07 bits per heavy atom. The average molecular weight is 307 g/mol. The largest absolute Gasteiger partial charge is 0.359 e. The van der Waals surface area contributed by atoms with Crippen molar-refractivity contribution in [1.82, 2.24) is 5.16 Å². The van der Waals surface area contributed by atoms with Gasteiger partial charge in [0, 0.05) is 21.1 Å². The lowest BCUT2D eigenvalue weighted by molar-refractivity contribution is 0.396. The zero-order valence-electron chi connectivity index (χ0n) is 7.51. The first-order valence-electron chi connectivity index (χ1n) is 4.17. The number of rotatable bonds is 2. The van der Waals surface area contributed by atoms with Gasteiger partial charge in [0.15, 0.2) is 5.76 Å². The summed E-state index contributed by atoms with van der Waals surface area (Å²) in [5.74, 6) is 0.956. The number of halogens is 3. The summed E-state index contributed by atoms with van der Waals surface area (Å²) in [5.41, 5.74) is 1.63. The van der Waals surface area contributed by atoms with Gasteiger partial charge in [-0.1, -0.05) is 32.7 Å². The first kappa shape index (κ1) is 11.0. The van der Waals surface area contributed by atoms with Crippen LogP contribution in [0.1, 0.15) is 5.76 Å². The fourth-order valence-corrected chi connectivity index (χ4v) is 2.20. The first-order chi connectivity index (χ1) is 7.19. The van der Waals surface area contributed by atoms with Crippen molar-refractivity contribution in [1.29, 1.82) is 0 Å². The van der Waals surface area contributed by atoms with Gasteiger partial charge in [-0.2, -0.15) is 0 Å². The van der Waals surface area contributed by atoms with E-state index in [4.69, 9.17) is 27.7 Å². The third-order valence-electron chi connectivity index (χ3n) is 1.85. The Balaban J connectivity index is 2.44. The van der Waals surface area contributed by atoms with E-state index < -0.39 is 0 Å². The van der Waals surface area contributed by atoms with Crippen LogP contribution in [-0.4, -0.2) is 5.16 Å². The molecule has 0 aliphatic carbocycles. The molecule has 0 amide bonds. The van der Waals surface area contributed by atoms with Crippen LogP contribution < -0.4 is 0 Å².